The van der Waals surface area contributed by atoms with Gasteiger partial charge in [0.25, 0.3) is 0 Å². The van der Waals surface area contributed by atoms with E-state index in [1.54, 1.807) is 29.6 Å². The summed E-state index contributed by atoms with van der Waals surface area (Å²) >= 11 is 3.35. The number of phenolic OH excluding ortho intramolecular Hbond substituents is 1. The minimum Gasteiger partial charge on any atom is -0.502 e. The number of hydrogen-bond acceptors (Lipinski definition) is 6. The van der Waals surface area contributed by atoms with Gasteiger partial charge in [0.2, 0.25) is 0 Å². The van der Waals surface area contributed by atoms with Gasteiger partial charge >= 0.3 is 5.69 Å². The van der Waals surface area contributed by atoms with Crippen LogP contribution in [-0.4, -0.2) is 17.1 Å². The maximum Gasteiger partial charge on any atom is 0.314 e. The van der Waals surface area contributed by atoms with Crippen molar-refractivity contribution in [2.24, 2.45) is 0 Å². The molecule has 0 amide bonds. The first kappa shape index (κ1) is 17.9. The van der Waals surface area contributed by atoms with Crippen molar-refractivity contribution in [2.45, 2.75) is 29.9 Å². The molecular weight excluding hydrogens is 358 g/mol. The molecule has 1 N–H and O–H groups in total. The van der Waals surface area contributed by atoms with Crippen molar-refractivity contribution in [1.29, 1.82) is 0 Å². The van der Waals surface area contributed by atoms with Crippen molar-refractivity contribution in [3.8, 4) is 11.5 Å². The number of phenols is 1. The van der Waals surface area contributed by atoms with Gasteiger partial charge in [-0.15, -0.1) is 23.5 Å². The van der Waals surface area contributed by atoms with E-state index in [1.807, 2.05) is 0 Å². The maximum atomic E-state index is 11.2. The Morgan fingerprint density at radius 3 is 2.16 bits per heavy atom. The van der Waals surface area contributed by atoms with Crippen LogP contribution in [0.1, 0.15) is 32.4 Å². The molecule has 3 rings (SSSR count). The van der Waals surface area contributed by atoms with E-state index in [0.717, 1.165) is 11.5 Å². The van der Waals surface area contributed by atoms with Crippen LogP contribution < -0.4 is 4.74 Å². The fourth-order valence-electron chi connectivity index (χ4n) is 2.81. The highest BCUT2D eigenvalue weighted by atomic mass is 32.2. The summed E-state index contributed by atoms with van der Waals surface area (Å²) in [5.41, 5.74) is 5.34. The average molecular weight is 377 g/mol. The Morgan fingerprint density at radius 2 is 1.68 bits per heavy atom. The number of fused-ring (bicyclic) bond motifs is 1. The first-order valence-electron chi connectivity index (χ1n) is 7.78. The molecule has 0 aromatic heterocycles. The number of rotatable bonds is 3. The second kappa shape index (κ2) is 7.17. The van der Waals surface area contributed by atoms with Gasteiger partial charge in [0, 0.05) is 17.1 Å². The number of nitrogens with zero attached hydrogens (tertiary/aromatic N) is 1. The number of nitro groups is 1. The highest BCUT2D eigenvalue weighted by Crippen LogP contribution is 2.51. The number of aryl methyl sites for hydroxylation is 2. The quantitative estimate of drug-likeness (QED) is 0.592. The molecule has 25 heavy (non-hydrogen) atoms. The molecule has 1 heterocycles. The van der Waals surface area contributed by atoms with Crippen molar-refractivity contribution in [1.82, 2.24) is 0 Å². The fraction of sp³-hybridized carbons (Fsp3) is 0.333. The minimum atomic E-state index is -0.575. The zero-order chi connectivity index (χ0) is 18.1. The molecule has 7 heteroatoms. The SMILES string of the molecule is COc1cc(C2SCc3cc(C)c(C)cc3CS2)c(O)c([N+](=O)[O-])c1. The normalized spacial score (nSPS) is 14.7. The molecule has 0 atom stereocenters. The summed E-state index contributed by atoms with van der Waals surface area (Å²) in [6, 6.07) is 7.38. The molecule has 0 aliphatic carbocycles. The molecule has 0 unspecified atom stereocenters. The van der Waals surface area contributed by atoms with Crippen LogP contribution in [0.2, 0.25) is 0 Å². The van der Waals surface area contributed by atoms with E-state index < -0.39 is 4.92 Å². The Balaban J connectivity index is 1.96. The van der Waals surface area contributed by atoms with E-state index in [4.69, 9.17) is 4.74 Å². The number of thioether (sulfide) groups is 2. The maximum absolute atomic E-state index is 11.2. The third kappa shape index (κ3) is 3.57. The van der Waals surface area contributed by atoms with Crippen LogP contribution in [0.4, 0.5) is 5.69 Å². The Kier molecular flexibility index (Phi) is 5.15. The van der Waals surface area contributed by atoms with Gasteiger partial charge in [0.1, 0.15) is 5.75 Å². The number of methoxy groups -OCH3 is 1. The Hall–Kier alpha value is -1.86. The molecule has 2 aromatic carbocycles. The van der Waals surface area contributed by atoms with Crippen molar-refractivity contribution in [3.63, 3.8) is 0 Å². The summed E-state index contributed by atoms with van der Waals surface area (Å²) in [6.45, 7) is 4.21. The lowest BCUT2D eigenvalue weighted by Gasteiger charge is -2.16. The number of aromatic hydroxyl groups is 1. The molecule has 0 saturated carbocycles. The van der Waals surface area contributed by atoms with Crippen LogP contribution >= 0.6 is 23.5 Å². The third-order valence-corrected chi connectivity index (χ3v) is 7.26. The van der Waals surface area contributed by atoms with E-state index in [-0.39, 0.29) is 16.0 Å². The lowest BCUT2D eigenvalue weighted by atomic mass is 10.0. The Bertz CT molecular complexity index is 805. The number of benzene rings is 2. The molecule has 0 fully saturated rings. The van der Waals surface area contributed by atoms with E-state index in [1.165, 1.54) is 35.4 Å². The van der Waals surface area contributed by atoms with Crippen molar-refractivity contribution < 1.29 is 14.8 Å². The van der Waals surface area contributed by atoms with Crippen molar-refractivity contribution in [3.05, 3.63) is 62.2 Å². The van der Waals surface area contributed by atoms with Gasteiger partial charge in [-0.2, -0.15) is 0 Å². The standard InChI is InChI=1S/C18H19NO4S2/c1-10-4-12-8-24-18(25-9-13(12)5-11(10)2)15-6-14(23-3)7-16(17(15)20)19(21)22/h4-7,18,20H,8-9H2,1-3H3. The summed E-state index contributed by atoms with van der Waals surface area (Å²) in [4.78, 5) is 10.6. The van der Waals surface area contributed by atoms with Gasteiger partial charge in [0.05, 0.1) is 22.7 Å². The van der Waals surface area contributed by atoms with Crippen LogP contribution in [-0.2, 0) is 11.5 Å². The predicted octanol–water partition coefficient (Wildman–Crippen LogP) is 5.10. The van der Waals surface area contributed by atoms with Gasteiger partial charge in [-0.1, -0.05) is 12.1 Å². The van der Waals surface area contributed by atoms with Crippen LogP contribution in [0.3, 0.4) is 0 Å². The van der Waals surface area contributed by atoms with Crippen molar-refractivity contribution >= 4 is 29.2 Å². The number of hydrogen-bond donors (Lipinski definition) is 1. The molecule has 0 saturated heterocycles. The van der Waals surface area contributed by atoms with Crippen LogP contribution in [0.25, 0.3) is 0 Å². The zero-order valence-corrected chi connectivity index (χ0v) is 15.9. The van der Waals surface area contributed by atoms with Crippen LogP contribution in [0, 0.1) is 24.0 Å². The third-order valence-electron chi connectivity index (χ3n) is 4.38. The molecule has 1 aliphatic heterocycles. The molecule has 132 valence electrons. The highest BCUT2D eigenvalue weighted by Gasteiger charge is 2.27. The average Bonchev–Trinajstić information content (AvgIpc) is 2.78. The summed E-state index contributed by atoms with van der Waals surface area (Å²) in [7, 11) is 1.47. The molecular formula is C18H19NO4S2. The molecule has 5 nitrogen and oxygen atoms in total. The largest absolute Gasteiger partial charge is 0.502 e. The molecule has 0 spiro atoms. The van der Waals surface area contributed by atoms with Gasteiger partial charge < -0.3 is 9.84 Å². The van der Waals surface area contributed by atoms with E-state index in [0.29, 0.717) is 11.3 Å². The predicted molar refractivity (Wildman–Crippen MR) is 103 cm³/mol. The van der Waals surface area contributed by atoms with E-state index in [2.05, 4.69) is 26.0 Å². The first-order valence-corrected chi connectivity index (χ1v) is 9.88. The molecule has 1 aliphatic rings. The topological polar surface area (TPSA) is 72.6 Å². The minimum absolute atomic E-state index is 0.0955. The summed E-state index contributed by atoms with van der Waals surface area (Å²) < 4.78 is 5.09. The lowest BCUT2D eigenvalue weighted by Crippen LogP contribution is -1.97. The second-order valence-corrected chi connectivity index (χ2v) is 8.49. The molecule has 0 bridgehead atoms. The summed E-state index contributed by atoms with van der Waals surface area (Å²) in [5.74, 6) is 1.72. The fourth-order valence-corrected chi connectivity index (χ4v) is 5.52. The summed E-state index contributed by atoms with van der Waals surface area (Å²) in [6.07, 6.45) is 0. The highest BCUT2D eigenvalue weighted by molar-refractivity contribution is 8.15. The lowest BCUT2D eigenvalue weighted by molar-refractivity contribution is -0.386. The Morgan fingerprint density at radius 1 is 1.12 bits per heavy atom. The van der Waals surface area contributed by atoms with Crippen LogP contribution in [0.5, 0.6) is 11.5 Å². The van der Waals surface area contributed by atoms with E-state index in [9.17, 15) is 15.2 Å². The molecule has 0 radical (unpaired) electrons. The zero-order valence-electron chi connectivity index (χ0n) is 14.2. The number of nitro benzene ring substituents is 1. The van der Waals surface area contributed by atoms with Gasteiger partial charge in [0.15, 0.2) is 5.75 Å². The van der Waals surface area contributed by atoms with Gasteiger partial charge in [-0.05, 0) is 42.2 Å². The summed E-state index contributed by atoms with van der Waals surface area (Å²) in [5, 5.41) is 21.6. The second-order valence-electron chi connectivity index (χ2n) is 6.00. The van der Waals surface area contributed by atoms with Gasteiger partial charge in [-0.3, -0.25) is 10.1 Å². The Labute approximate surface area is 154 Å². The molecule has 2 aromatic rings. The van der Waals surface area contributed by atoms with Crippen molar-refractivity contribution in [2.75, 3.05) is 7.11 Å². The van der Waals surface area contributed by atoms with Crippen LogP contribution in [0.15, 0.2) is 24.3 Å². The smallest absolute Gasteiger partial charge is 0.314 e. The van der Waals surface area contributed by atoms with Gasteiger partial charge in [-0.25, -0.2) is 0 Å². The van der Waals surface area contributed by atoms with E-state index >= 15 is 0 Å². The monoisotopic (exact) mass is 377 g/mol. The first-order chi connectivity index (χ1) is 11.9. The number of ether oxygens (including phenoxy) is 1.